The predicted octanol–water partition coefficient (Wildman–Crippen LogP) is 2.78. The molecule has 0 aliphatic carbocycles. The number of carbonyl (C=O) groups is 1. The van der Waals surface area contributed by atoms with Crippen molar-refractivity contribution in [1.29, 1.82) is 0 Å². The summed E-state index contributed by atoms with van der Waals surface area (Å²) in [6.45, 7) is -0.260. The molecule has 104 valence electrons. The number of benzene rings is 2. The lowest BCUT2D eigenvalue weighted by Gasteiger charge is -2.09. The molecule has 0 amide bonds. The Kier molecular flexibility index (Phi) is 4.27. The molecule has 4 nitrogen and oxygen atoms in total. The largest absolute Gasteiger partial charge is 0.507 e. The molecule has 2 N–H and O–H groups in total. The first-order chi connectivity index (χ1) is 9.56. The minimum atomic E-state index is -0.389. The van der Waals surface area contributed by atoms with Crippen LogP contribution in [0.5, 0.6) is 11.5 Å². The van der Waals surface area contributed by atoms with Crippen molar-refractivity contribution in [2.24, 2.45) is 0 Å². The van der Waals surface area contributed by atoms with Crippen molar-refractivity contribution in [3.63, 3.8) is 0 Å². The van der Waals surface area contributed by atoms with E-state index < -0.39 is 0 Å². The molecule has 0 heterocycles. The molecule has 5 heteroatoms. The van der Waals surface area contributed by atoms with Crippen LogP contribution in [-0.4, -0.2) is 23.1 Å². The smallest absolute Gasteiger partial charge is 0.198 e. The van der Waals surface area contributed by atoms with Gasteiger partial charge in [-0.3, -0.25) is 4.79 Å². The monoisotopic (exact) mass is 292 g/mol. The average molecular weight is 293 g/mol. The van der Waals surface area contributed by atoms with Crippen LogP contribution in [0.15, 0.2) is 36.4 Å². The molecule has 0 bridgehead atoms. The van der Waals surface area contributed by atoms with Crippen LogP contribution in [0.3, 0.4) is 0 Å². The van der Waals surface area contributed by atoms with Crippen LogP contribution in [0, 0.1) is 0 Å². The molecular formula is C15H13ClO4. The van der Waals surface area contributed by atoms with Crippen molar-refractivity contribution in [3.05, 3.63) is 58.1 Å². The number of aliphatic hydroxyl groups is 1. The summed E-state index contributed by atoms with van der Waals surface area (Å²) in [5.41, 5.74) is 0.854. The molecule has 0 radical (unpaired) electrons. The number of phenols is 1. The SMILES string of the molecule is COc1ccc(C(=O)c2c(O)cc(CO)cc2Cl)cc1. The summed E-state index contributed by atoms with van der Waals surface area (Å²) >= 11 is 6.00. The summed E-state index contributed by atoms with van der Waals surface area (Å²) in [7, 11) is 1.53. The molecular weight excluding hydrogens is 280 g/mol. The van der Waals surface area contributed by atoms with Gasteiger partial charge in [-0.25, -0.2) is 0 Å². The average Bonchev–Trinajstić information content (AvgIpc) is 2.46. The fourth-order valence-electron chi connectivity index (χ4n) is 1.85. The van der Waals surface area contributed by atoms with Gasteiger partial charge in [-0.2, -0.15) is 0 Å². The fourth-order valence-corrected chi connectivity index (χ4v) is 2.17. The summed E-state index contributed by atoms with van der Waals surface area (Å²) in [6, 6.07) is 9.27. The second kappa shape index (κ2) is 5.94. The standard InChI is InChI=1S/C15H13ClO4/c1-20-11-4-2-10(3-5-11)15(19)14-12(16)6-9(8-17)7-13(14)18/h2-7,17-18H,8H2,1H3. The number of aliphatic hydroxyl groups excluding tert-OH is 1. The Hall–Kier alpha value is -2.04. The quantitative estimate of drug-likeness (QED) is 0.850. The van der Waals surface area contributed by atoms with E-state index in [4.69, 9.17) is 21.4 Å². The van der Waals surface area contributed by atoms with Gasteiger partial charge in [0.05, 0.1) is 24.3 Å². The van der Waals surface area contributed by atoms with Gasteiger partial charge in [0.25, 0.3) is 0 Å². The van der Waals surface area contributed by atoms with E-state index in [1.54, 1.807) is 24.3 Å². The number of hydrogen-bond donors (Lipinski definition) is 2. The van der Waals surface area contributed by atoms with E-state index in [0.717, 1.165) is 0 Å². The van der Waals surface area contributed by atoms with Gasteiger partial charge in [-0.1, -0.05) is 11.6 Å². The van der Waals surface area contributed by atoms with E-state index in [1.165, 1.54) is 19.2 Å². The van der Waals surface area contributed by atoms with E-state index in [1.807, 2.05) is 0 Å². The molecule has 0 aliphatic heterocycles. The molecule has 0 unspecified atom stereocenters. The Labute approximate surface area is 121 Å². The minimum Gasteiger partial charge on any atom is -0.507 e. The van der Waals surface area contributed by atoms with Crippen molar-refractivity contribution in [3.8, 4) is 11.5 Å². The van der Waals surface area contributed by atoms with E-state index in [-0.39, 0.29) is 28.7 Å². The van der Waals surface area contributed by atoms with Crippen molar-refractivity contribution in [2.45, 2.75) is 6.61 Å². The second-order valence-electron chi connectivity index (χ2n) is 4.19. The van der Waals surface area contributed by atoms with E-state index >= 15 is 0 Å². The lowest BCUT2D eigenvalue weighted by atomic mass is 10.0. The van der Waals surface area contributed by atoms with Crippen molar-refractivity contribution in [2.75, 3.05) is 7.11 Å². The summed E-state index contributed by atoms with van der Waals surface area (Å²) in [4.78, 5) is 12.3. The summed E-state index contributed by atoms with van der Waals surface area (Å²) in [6.07, 6.45) is 0. The predicted molar refractivity (Wildman–Crippen MR) is 75.5 cm³/mol. The second-order valence-corrected chi connectivity index (χ2v) is 4.59. The van der Waals surface area contributed by atoms with Gasteiger partial charge < -0.3 is 14.9 Å². The molecule has 2 rings (SSSR count). The zero-order valence-corrected chi connectivity index (χ0v) is 11.5. The molecule has 0 saturated heterocycles. The first-order valence-electron chi connectivity index (χ1n) is 5.87. The van der Waals surface area contributed by atoms with Gasteiger partial charge in [-0.05, 0) is 42.0 Å². The number of aromatic hydroxyl groups is 1. The zero-order valence-electron chi connectivity index (χ0n) is 10.8. The molecule has 0 atom stereocenters. The third-order valence-corrected chi connectivity index (χ3v) is 3.19. The van der Waals surface area contributed by atoms with Gasteiger partial charge in [-0.15, -0.1) is 0 Å². The van der Waals surface area contributed by atoms with E-state index in [9.17, 15) is 9.90 Å². The van der Waals surface area contributed by atoms with Crippen LogP contribution in [0.4, 0.5) is 0 Å². The van der Waals surface area contributed by atoms with Crippen LogP contribution in [-0.2, 0) is 6.61 Å². The molecule has 0 spiro atoms. The molecule has 20 heavy (non-hydrogen) atoms. The molecule has 2 aromatic rings. The molecule has 0 aliphatic rings. The normalized spacial score (nSPS) is 10.3. The summed E-state index contributed by atoms with van der Waals surface area (Å²) in [5.74, 6) is -0.00508. The Bertz CT molecular complexity index is 612. The number of carbonyl (C=O) groups excluding carboxylic acids is 1. The maximum absolute atomic E-state index is 12.3. The third kappa shape index (κ3) is 2.76. The summed E-state index contributed by atoms with van der Waals surface area (Å²) < 4.78 is 5.02. The Morgan fingerprint density at radius 2 is 1.90 bits per heavy atom. The number of rotatable bonds is 4. The number of halogens is 1. The highest BCUT2D eigenvalue weighted by molar-refractivity contribution is 6.35. The fraction of sp³-hybridized carbons (Fsp3) is 0.133. The lowest BCUT2D eigenvalue weighted by Crippen LogP contribution is -2.03. The molecule has 0 aromatic heterocycles. The number of ether oxygens (including phenoxy) is 1. The number of phenolic OH excluding ortho intramolecular Hbond substituents is 1. The molecule has 2 aromatic carbocycles. The highest BCUT2D eigenvalue weighted by Gasteiger charge is 2.18. The first kappa shape index (κ1) is 14.4. The van der Waals surface area contributed by atoms with Crippen LogP contribution < -0.4 is 4.74 Å². The van der Waals surface area contributed by atoms with E-state index in [0.29, 0.717) is 16.9 Å². The Morgan fingerprint density at radius 3 is 2.40 bits per heavy atom. The van der Waals surface area contributed by atoms with Gasteiger partial charge in [0, 0.05) is 5.56 Å². The highest BCUT2D eigenvalue weighted by atomic mass is 35.5. The minimum absolute atomic E-state index is 0.0223. The highest BCUT2D eigenvalue weighted by Crippen LogP contribution is 2.30. The van der Waals surface area contributed by atoms with Crippen LogP contribution >= 0.6 is 11.6 Å². The van der Waals surface area contributed by atoms with Crippen molar-refractivity contribution < 1.29 is 19.7 Å². The van der Waals surface area contributed by atoms with Crippen LogP contribution in [0.1, 0.15) is 21.5 Å². The zero-order chi connectivity index (χ0) is 14.7. The van der Waals surface area contributed by atoms with E-state index in [2.05, 4.69) is 0 Å². The van der Waals surface area contributed by atoms with Gasteiger partial charge in [0.1, 0.15) is 11.5 Å². The Balaban J connectivity index is 2.42. The lowest BCUT2D eigenvalue weighted by molar-refractivity contribution is 0.103. The first-order valence-corrected chi connectivity index (χ1v) is 6.25. The molecule has 0 fully saturated rings. The van der Waals surface area contributed by atoms with Gasteiger partial charge >= 0.3 is 0 Å². The van der Waals surface area contributed by atoms with Crippen molar-refractivity contribution in [1.82, 2.24) is 0 Å². The maximum Gasteiger partial charge on any atom is 0.198 e. The number of ketones is 1. The van der Waals surface area contributed by atoms with Crippen LogP contribution in [0.2, 0.25) is 5.02 Å². The van der Waals surface area contributed by atoms with Gasteiger partial charge in [0.15, 0.2) is 5.78 Å². The topological polar surface area (TPSA) is 66.8 Å². The van der Waals surface area contributed by atoms with Gasteiger partial charge in [0.2, 0.25) is 0 Å². The molecule has 0 saturated carbocycles. The number of methoxy groups -OCH3 is 1. The Morgan fingerprint density at radius 1 is 1.25 bits per heavy atom. The maximum atomic E-state index is 12.3. The summed E-state index contributed by atoms with van der Waals surface area (Å²) in [5, 5.41) is 19.0. The third-order valence-electron chi connectivity index (χ3n) is 2.89. The van der Waals surface area contributed by atoms with Crippen LogP contribution in [0.25, 0.3) is 0 Å². The number of hydrogen-bond acceptors (Lipinski definition) is 4. The van der Waals surface area contributed by atoms with Crippen molar-refractivity contribution >= 4 is 17.4 Å².